The van der Waals surface area contributed by atoms with Crippen LogP contribution in [-0.2, 0) is 9.59 Å². The summed E-state index contributed by atoms with van der Waals surface area (Å²) in [6.07, 6.45) is 3.64. The maximum absolute atomic E-state index is 12.5. The van der Waals surface area contributed by atoms with Crippen LogP contribution in [0.2, 0.25) is 10.0 Å². The van der Waals surface area contributed by atoms with Gasteiger partial charge in [0.25, 0.3) is 0 Å². The Morgan fingerprint density at radius 3 is 2.54 bits per heavy atom. The van der Waals surface area contributed by atoms with Crippen LogP contribution in [0.5, 0.6) is 0 Å². The molecule has 1 aromatic rings. The van der Waals surface area contributed by atoms with E-state index in [2.05, 4.69) is 22.5 Å². The number of nitrogens with one attached hydrogen (secondary N) is 2. The van der Waals surface area contributed by atoms with Crippen LogP contribution >= 0.6 is 23.2 Å². The SMILES string of the molecule is CCCCNC(=O)C1CCN([C@@H](C)C(=O)Nc2ccc(Cl)c(Cl)c2)CC1. The van der Waals surface area contributed by atoms with Gasteiger partial charge < -0.3 is 10.6 Å². The lowest BCUT2D eigenvalue weighted by Crippen LogP contribution is -2.48. The lowest BCUT2D eigenvalue weighted by molar-refractivity contribution is -0.127. The number of amides is 2. The lowest BCUT2D eigenvalue weighted by atomic mass is 9.95. The molecule has 1 atom stereocenters. The average molecular weight is 400 g/mol. The topological polar surface area (TPSA) is 61.4 Å². The van der Waals surface area contributed by atoms with Gasteiger partial charge in [0, 0.05) is 18.2 Å². The van der Waals surface area contributed by atoms with Crippen LogP contribution in [0.15, 0.2) is 18.2 Å². The third kappa shape index (κ3) is 5.86. The molecule has 0 aromatic heterocycles. The number of piperidine rings is 1. The molecule has 7 heteroatoms. The number of anilines is 1. The molecule has 144 valence electrons. The molecule has 0 spiro atoms. The quantitative estimate of drug-likeness (QED) is 0.682. The number of benzene rings is 1. The van der Waals surface area contributed by atoms with E-state index in [1.165, 1.54) is 0 Å². The maximum Gasteiger partial charge on any atom is 0.241 e. The van der Waals surface area contributed by atoms with Crippen LogP contribution in [0, 0.1) is 5.92 Å². The first kappa shape index (κ1) is 21.0. The van der Waals surface area contributed by atoms with Crippen molar-refractivity contribution in [3.05, 3.63) is 28.2 Å². The Morgan fingerprint density at radius 1 is 1.23 bits per heavy atom. The van der Waals surface area contributed by atoms with Crippen LogP contribution < -0.4 is 10.6 Å². The van der Waals surface area contributed by atoms with Gasteiger partial charge in [-0.1, -0.05) is 36.5 Å². The van der Waals surface area contributed by atoms with Gasteiger partial charge in [0.05, 0.1) is 16.1 Å². The Labute approximate surface area is 165 Å². The zero-order valence-electron chi connectivity index (χ0n) is 15.4. The standard InChI is InChI=1S/C19H27Cl2N3O2/c1-3-4-9-22-19(26)14-7-10-24(11-8-14)13(2)18(25)23-15-5-6-16(20)17(21)12-15/h5-6,12-14H,3-4,7-11H2,1-2H3,(H,22,26)(H,23,25)/t13-/m0/s1. The van der Waals surface area contributed by atoms with Gasteiger partial charge in [-0.2, -0.15) is 0 Å². The summed E-state index contributed by atoms with van der Waals surface area (Å²) < 4.78 is 0. The number of halogens is 2. The van der Waals surface area contributed by atoms with Crippen LogP contribution in [0.4, 0.5) is 5.69 Å². The van der Waals surface area contributed by atoms with Crippen molar-refractivity contribution in [2.45, 2.75) is 45.6 Å². The normalized spacial score (nSPS) is 16.9. The lowest BCUT2D eigenvalue weighted by Gasteiger charge is -2.34. The average Bonchev–Trinajstić information content (AvgIpc) is 2.64. The number of unbranched alkanes of at least 4 members (excludes halogenated alkanes) is 1. The highest BCUT2D eigenvalue weighted by Gasteiger charge is 2.29. The molecular weight excluding hydrogens is 373 g/mol. The summed E-state index contributed by atoms with van der Waals surface area (Å²) in [6.45, 7) is 6.21. The smallest absolute Gasteiger partial charge is 0.241 e. The van der Waals surface area contributed by atoms with Gasteiger partial charge in [-0.05, 0) is 57.5 Å². The van der Waals surface area contributed by atoms with E-state index in [0.717, 1.165) is 45.3 Å². The fourth-order valence-electron chi connectivity index (χ4n) is 3.07. The molecule has 5 nitrogen and oxygen atoms in total. The first-order valence-electron chi connectivity index (χ1n) is 9.20. The van der Waals surface area contributed by atoms with E-state index in [1.807, 2.05) is 6.92 Å². The Balaban J connectivity index is 1.81. The van der Waals surface area contributed by atoms with Gasteiger partial charge in [0.2, 0.25) is 11.8 Å². The second kappa shape index (κ2) is 10.1. The van der Waals surface area contributed by atoms with Gasteiger partial charge in [-0.25, -0.2) is 0 Å². The molecule has 0 bridgehead atoms. The zero-order chi connectivity index (χ0) is 19.1. The molecule has 0 radical (unpaired) electrons. The summed E-state index contributed by atoms with van der Waals surface area (Å²) >= 11 is 11.9. The molecule has 1 heterocycles. The first-order chi connectivity index (χ1) is 12.4. The summed E-state index contributed by atoms with van der Waals surface area (Å²) in [6, 6.07) is 4.76. The Kier molecular flexibility index (Phi) is 8.19. The van der Waals surface area contributed by atoms with E-state index in [0.29, 0.717) is 15.7 Å². The van der Waals surface area contributed by atoms with Crippen molar-refractivity contribution in [3.63, 3.8) is 0 Å². The van der Waals surface area contributed by atoms with Crippen LogP contribution in [0.25, 0.3) is 0 Å². The van der Waals surface area contributed by atoms with Gasteiger partial charge >= 0.3 is 0 Å². The van der Waals surface area contributed by atoms with E-state index in [4.69, 9.17) is 23.2 Å². The Morgan fingerprint density at radius 2 is 1.92 bits per heavy atom. The summed E-state index contributed by atoms with van der Waals surface area (Å²) in [5.41, 5.74) is 0.626. The molecule has 1 aliphatic heterocycles. The van der Waals surface area contributed by atoms with Crippen LogP contribution in [-0.4, -0.2) is 42.4 Å². The van der Waals surface area contributed by atoms with Crippen molar-refractivity contribution < 1.29 is 9.59 Å². The summed E-state index contributed by atoms with van der Waals surface area (Å²) in [4.78, 5) is 26.8. The predicted molar refractivity (Wildman–Crippen MR) is 107 cm³/mol. The van der Waals surface area contributed by atoms with Gasteiger partial charge in [0.1, 0.15) is 0 Å². The fourth-order valence-corrected chi connectivity index (χ4v) is 3.37. The number of carbonyl (C=O) groups is 2. The van der Waals surface area contributed by atoms with Gasteiger partial charge in [-0.3, -0.25) is 14.5 Å². The molecule has 0 aliphatic carbocycles. The second-order valence-corrected chi connectivity index (χ2v) is 7.56. The summed E-state index contributed by atoms with van der Waals surface area (Å²) in [7, 11) is 0. The molecule has 1 aliphatic rings. The molecule has 2 rings (SSSR count). The number of hydrogen-bond acceptors (Lipinski definition) is 3. The summed E-state index contributed by atoms with van der Waals surface area (Å²) in [5, 5.41) is 6.74. The molecule has 1 aromatic carbocycles. The van der Waals surface area contributed by atoms with E-state index in [9.17, 15) is 9.59 Å². The first-order valence-corrected chi connectivity index (χ1v) is 9.95. The molecule has 26 heavy (non-hydrogen) atoms. The van der Waals surface area contributed by atoms with Crippen molar-refractivity contribution >= 4 is 40.7 Å². The van der Waals surface area contributed by atoms with E-state index in [1.54, 1.807) is 18.2 Å². The number of carbonyl (C=O) groups excluding carboxylic acids is 2. The third-order valence-corrected chi connectivity index (χ3v) is 5.58. The fraction of sp³-hybridized carbons (Fsp3) is 0.579. The van der Waals surface area contributed by atoms with Crippen molar-refractivity contribution in [2.75, 3.05) is 25.0 Å². The monoisotopic (exact) mass is 399 g/mol. The molecule has 0 unspecified atom stereocenters. The molecule has 1 saturated heterocycles. The van der Waals surface area contributed by atoms with Gasteiger partial charge in [-0.15, -0.1) is 0 Å². The van der Waals surface area contributed by atoms with E-state index >= 15 is 0 Å². The highest BCUT2D eigenvalue weighted by molar-refractivity contribution is 6.42. The predicted octanol–water partition coefficient (Wildman–Crippen LogP) is 3.95. The molecule has 1 fully saturated rings. The van der Waals surface area contributed by atoms with Crippen molar-refractivity contribution in [2.24, 2.45) is 5.92 Å². The van der Waals surface area contributed by atoms with Crippen molar-refractivity contribution in [1.29, 1.82) is 0 Å². The second-order valence-electron chi connectivity index (χ2n) is 6.75. The minimum Gasteiger partial charge on any atom is -0.356 e. The number of hydrogen-bond donors (Lipinski definition) is 2. The number of nitrogens with zero attached hydrogens (tertiary/aromatic N) is 1. The highest BCUT2D eigenvalue weighted by Crippen LogP contribution is 2.25. The van der Waals surface area contributed by atoms with Gasteiger partial charge in [0.15, 0.2) is 0 Å². The molecular formula is C19H27Cl2N3O2. The highest BCUT2D eigenvalue weighted by atomic mass is 35.5. The third-order valence-electron chi connectivity index (χ3n) is 4.84. The Bertz CT molecular complexity index is 631. The van der Waals surface area contributed by atoms with Crippen LogP contribution in [0.3, 0.4) is 0 Å². The maximum atomic E-state index is 12.5. The molecule has 0 saturated carbocycles. The summed E-state index contributed by atoms with van der Waals surface area (Å²) in [5.74, 6) is 0.105. The number of likely N-dealkylation sites (tertiary alicyclic amines) is 1. The largest absolute Gasteiger partial charge is 0.356 e. The minimum absolute atomic E-state index is 0.0495. The van der Waals surface area contributed by atoms with E-state index in [-0.39, 0.29) is 23.8 Å². The number of rotatable bonds is 7. The Hall–Kier alpha value is -1.30. The van der Waals surface area contributed by atoms with E-state index < -0.39 is 0 Å². The molecule has 2 amide bonds. The molecule has 2 N–H and O–H groups in total. The zero-order valence-corrected chi connectivity index (χ0v) is 16.9. The van der Waals surface area contributed by atoms with Crippen molar-refractivity contribution in [1.82, 2.24) is 10.2 Å². The van der Waals surface area contributed by atoms with Crippen LogP contribution in [0.1, 0.15) is 39.5 Å². The van der Waals surface area contributed by atoms with Crippen molar-refractivity contribution in [3.8, 4) is 0 Å². The minimum atomic E-state index is -0.270.